The number of carbonyl (C=O) groups is 2. The van der Waals surface area contributed by atoms with Crippen molar-refractivity contribution >= 4 is 23.3 Å². The molecule has 0 aliphatic heterocycles. The molecule has 1 heterocycles. The van der Waals surface area contributed by atoms with Gasteiger partial charge in [-0.2, -0.15) is 5.10 Å². The fourth-order valence-electron chi connectivity index (χ4n) is 3.75. The van der Waals surface area contributed by atoms with Crippen molar-refractivity contribution in [3.05, 3.63) is 77.8 Å². The van der Waals surface area contributed by atoms with E-state index in [0.29, 0.717) is 35.1 Å². The number of nitrogens with zero attached hydrogens (tertiary/aromatic N) is 2. The molecule has 4 rings (SSSR count). The number of hydrogen-bond acceptors (Lipinski definition) is 4. The van der Waals surface area contributed by atoms with E-state index in [-0.39, 0.29) is 11.8 Å². The van der Waals surface area contributed by atoms with Gasteiger partial charge in [0.15, 0.2) is 5.82 Å². The van der Waals surface area contributed by atoms with Gasteiger partial charge in [-0.25, -0.2) is 4.39 Å². The molecule has 182 valence electrons. The third-order valence-electron chi connectivity index (χ3n) is 5.93. The van der Waals surface area contributed by atoms with Gasteiger partial charge in [-0.15, -0.1) is 0 Å². The lowest BCUT2D eigenvalue weighted by Crippen LogP contribution is -2.19. The molecule has 1 aliphatic carbocycles. The molecule has 1 unspecified atom stereocenters. The fraction of sp³-hybridized carbons (Fsp3) is 0.296. The summed E-state index contributed by atoms with van der Waals surface area (Å²) in [6, 6.07) is 13.7. The molecule has 1 aliphatic rings. The van der Waals surface area contributed by atoms with Crippen LogP contribution >= 0.6 is 0 Å². The molecule has 1 atom stereocenters. The van der Waals surface area contributed by atoms with Gasteiger partial charge in [0.1, 0.15) is 5.82 Å². The maximum absolute atomic E-state index is 14.9. The van der Waals surface area contributed by atoms with E-state index < -0.39 is 11.7 Å². The van der Waals surface area contributed by atoms with E-state index in [1.807, 2.05) is 44.1 Å². The molecule has 2 aromatic carbocycles. The second kappa shape index (κ2) is 10.7. The summed E-state index contributed by atoms with van der Waals surface area (Å²) >= 11 is 0. The van der Waals surface area contributed by atoms with Crippen molar-refractivity contribution in [3.8, 4) is 11.1 Å². The molecule has 8 heteroatoms. The zero-order valence-electron chi connectivity index (χ0n) is 20.1. The molecular formula is C27H30FN5O2. The van der Waals surface area contributed by atoms with E-state index in [9.17, 15) is 14.0 Å². The number of rotatable bonds is 9. The summed E-state index contributed by atoms with van der Waals surface area (Å²) in [5, 5.41) is 12.7. The Hall–Kier alpha value is -3.78. The molecule has 3 aromatic rings. The van der Waals surface area contributed by atoms with Crippen molar-refractivity contribution in [1.29, 1.82) is 0 Å². The van der Waals surface area contributed by atoms with Crippen LogP contribution in [0.1, 0.15) is 42.9 Å². The SMILES string of the molecule is CC(C(=O)Nc1cc(C2CC2)[nH]n1)c1cccc(-c2ccc(NC(=O)/C=C/CN(C)C)cc2F)c1. The van der Waals surface area contributed by atoms with Gasteiger partial charge in [0.05, 0.1) is 5.92 Å². The number of halogens is 1. The number of aromatic amines is 1. The highest BCUT2D eigenvalue weighted by atomic mass is 19.1. The van der Waals surface area contributed by atoms with Gasteiger partial charge in [-0.1, -0.05) is 30.3 Å². The molecule has 0 spiro atoms. The molecule has 0 saturated heterocycles. The van der Waals surface area contributed by atoms with E-state index in [1.54, 1.807) is 30.3 Å². The number of benzene rings is 2. The topological polar surface area (TPSA) is 90.1 Å². The zero-order chi connectivity index (χ0) is 24.9. The highest BCUT2D eigenvalue weighted by Gasteiger charge is 2.26. The van der Waals surface area contributed by atoms with Gasteiger partial charge in [0.2, 0.25) is 11.8 Å². The van der Waals surface area contributed by atoms with Crippen molar-refractivity contribution < 1.29 is 14.0 Å². The summed E-state index contributed by atoms with van der Waals surface area (Å²) in [7, 11) is 3.81. The Labute approximate surface area is 204 Å². The van der Waals surface area contributed by atoms with E-state index >= 15 is 0 Å². The van der Waals surface area contributed by atoms with Crippen LogP contribution in [0, 0.1) is 5.82 Å². The minimum absolute atomic E-state index is 0.183. The van der Waals surface area contributed by atoms with E-state index in [2.05, 4.69) is 20.8 Å². The van der Waals surface area contributed by atoms with Crippen LogP contribution < -0.4 is 10.6 Å². The number of H-pyrrole nitrogens is 1. The van der Waals surface area contributed by atoms with Crippen molar-refractivity contribution in [2.24, 2.45) is 0 Å². The summed E-state index contributed by atoms with van der Waals surface area (Å²) < 4.78 is 14.9. The quantitative estimate of drug-likeness (QED) is 0.384. The first-order chi connectivity index (χ1) is 16.8. The lowest BCUT2D eigenvalue weighted by Gasteiger charge is -2.13. The van der Waals surface area contributed by atoms with Gasteiger partial charge in [0, 0.05) is 41.5 Å². The monoisotopic (exact) mass is 475 g/mol. The summed E-state index contributed by atoms with van der Waals surface area (Å²) in [5.74, 6) is -0.375. The average molecular weight is 476 g/mol. The predicted octanol–water partition coefficient (Wildman–Crippen LogP) is 4.89. The molecule has 3 N–H and O–H groups in total. The normalized spacial score (nSPS) is 14.3. The minimum atomic E-state index is -0.460. The Morgan fingerprint density at radius 2 is 1.97 bits per heavy atom. The van der Waals surface area contributed by atoms with Crippen LogP contribution in [0.2, 0.25) is 0 Å². The van der Waals surface area contributed by atoms with Crippen molar-refractivity contribution in [3.63, 3.8) is 0 Å². The average Bonchev–Trinajstić information content (AvgIpc) is 3.57. The van der Waals surface area contributed by atoms with Crippen LogP contribution in [-0.4, -0.2) is 47.6 Å². The molecular weight excluding hydrogens is 445 g/mol. The van der Waals surface area contributed by atoms with Crippen molar-refractivity contribution in [1.82, 2.24) is 15.1 Å². The molecule has 35 heavy (non-hydrogen) atoms. The number of likely N-dealkylation sites (N-methyl/N-ethyl adjacent to an activating group) is 1. The largest absolute Gasteiger partial charge is 0.322 e. The van der Waals surface area contributed by atoms with Gasteiger partial charge in [-0.05, 0) is 63.2 Å². The molecule has 0 bridgehead atoms. The van der Waals surface area contributed by atoms with Crippen LogP contribution in [0.3, 0.4) is 0 Å². The summed E-state index contributed by atoms with van der Waals surface area (Å²) in [6.07, 6.45) is 5.46. The Morgan fingerprint density at radius 3 is 2.69 bits per heavy atom. The number of anilines is 2. The molecule has 1 aromatic heterocycles. The molecule has 1 saturated carbocycles. The van der Waals surface area contributed by atoms with Crippen LogP contribution in [0.4, 0.5) is 15.9 Å². The second-order valence-corrected chi connectivity index (χ2v) is 9.17. The Morgan fingerprint density at radius 1 is 1.17 bits per heavy atom. The first-order valence-electron chi connectivity index (χ1n) is 11.7. The Balaban J connectivity index is 1.43. The predicted molar refractivity (Wildman–Crippen MR) is 136 cm³/mol. The smallest absolute Gasteiger partial charge is 0.248 e. The van der Waals surface area contributed by atoms with Gasteiger partial charge < -0.3 is 15.5 Å². The van der Waals surface area contributed by atoms with Crippen LogP contribution in [0.15, 0.2) is 60.7 Å². The molecule has 1 fully saturated rings. The van der Waals surface area contributed by atoms with Crippen LogP contribution in [0.5, 0.6) is 0 Å². The first kappa shape index (κ1) is 24.3. The Bertz CT molecular complexity index is 1250. The molecule has 7 nitrogen and oxygen atoms in total. The summed E-state index contributed by atoms with van der Waals surface area (Å²) in [6.45, 7) is 2.44. The number of amides is 2. The summed E-state index contributed by atoms with van der Waals surface area (Å²) in [5.41, 5.74) is 3.23. The second-order valence-electron chi connectivity index (χ2n) is 9.17. The lowest BCUT2D eigenvalue weighted by atomic mass is 9.95. The molecule has 2 amide bonds. The maximum atomic E-state index is 14.9. The standard InChI is InChI=1S/C27H30FN5O2/c1-17(27(35)30-25-16-24(31-32-25)18-9-10-18)19-6-4-7-20(14-19)22-12-11-21(15-23(22)28)29-26(34)8-5-13-33(2)3/h4-8,11-12,14-18H,9-10,13H2,1-3H3,(H,29,34)(H2,30,31,32,35)/b8-5+. The number of hydrogen-bond donors (Lipinski definition) is 3. The Kier molecular flexibility index (Phi) is 7.41. The van der Waals surface area contributed by atoms with Gasteiger partial charge in [0.25, 0.3) is 0 Å². The van der Waals surface area contributed by atoms with E-state index in [4.69, 9.17) is 0 Å². The minimum Gasteiger partial charge on any atom is -0.322 e. The van der Waals surface area contributed by atoms with E-state index in [1.165, 1.54) is 12.1 Å². The number of aromatic nitrogens is 2. The third-order valence-corrected chi connectivity index (χ3v) is 5.93. The molecule has 0 radical (unpaired) electrons. The van der Waals surface area contributed by atoms with Crippen molar-refractivity contribution in [2.45, 2.75) is 31.6 Å². The maximum Gasteiger partial charge on any atom is 0.248 e. The third kappa shape index (κ3) is 6.42. The van der Waals surface area contributed by atoms with Gasteiger partial charge in [-0.3, -0.25) is 14.7 Å². The number of nitrogens with one attached hydrogen (secondary N) is 3. The lowest BCUT2D eigenvalue weighted by molar-refractivity contribution is -0.117. The van der Waals surface area contributed by atoms with Crippen LogP contribution in [-0.2, 0) is 9.59 Å². The number of carbonyl (C=O) groups excluding carboxylic acids is 2. The van der Waals surface area contributed by atoms with Crippen molar-refractivity contribution in [2.75, 3.05) is 31.3 Å². The van der Waals surface area contributed by atoms with Crippen LogP contribution in [0.25, 0.3) is 11.1 Å². The highest BCUT2D eigenvalue weighted by molar-refractivity contribution is 5.99. The highest BCUT2D eigenvalue weighted by Crippen LogP contribution is 2.39. The summed E-state index contributed by atoms with van der Waals surface area (Å²) in [4.78, 5) is 26.8. The zero-order valence-corrected chi connectivity index (χ0v) is 20.1. The first-order valence-corrected chi connectivity index (χ1v) is 11.7. The fourth-order valence-corrected chi connectivity index (χ4v) is 3.75. The van der Waals surface area contributed by atoms with E-state index in [0.717, 1.165) is 24.1 Å². The van der Waals surface area contributed by atoms with Gasteiger partial charge >= 0.3 is 0 Å².